The number of nitrogens with zero attached hydrogens (tertiary/aromatic N) is 5. The van der Waals surface area contributed by atoms with Crippen LogP contribution in [0, 0.1) is 0 Å². The fraction of sp³-hybridized carbons (Fsp3) is 0.250. The second-order valence-electron chi connectivity index (χ2n) is 7.77. The zero-order valence-electron chi connectivity index (χ0n) is 17.2. The fourth-order valence-electron chi connectivity index (χ4n) is 4.24. The van der Waals surface area contributed by atoms with Crippen molar-refractivity contribution in [1.29, 1.82) is 0 Å². The molecule has 1 N–H and O–H groups in total. The van der Waals surface area contributed by atoms with Gasteiger partial charge in [0, 0.05) is 37.9 Å². The highest BCUT2D eigenvalue weighted by Gasteiger charge is 2.31. The number of fused-ring (bicyclic) bond motifs is 1. The maximum absolute atomic E-state index is 13.0. The molecule has 1 aliphatic rings. The topological polar surface area (TPSA) is 75.4 Å². The number of rotatable bonds is 6. The number of aromatic nitrogens is 4. The van der Waals surface area contributed by atoms with Crippen molar-refractivity contribution in [3.05, 3.63) is 96.1 Å². The minimum absolute atomic E-state index is 0.150. The summed E-state index contributed by atoms with van der Waals surface area (Å²) < 4.78 is 2.06. The average molecular weight is 412 g/mol. The maximum Gasteiger partial charge on any atom is 0.272 e. The highest BCUT2D eigenvalue weighted by molar-refractivity contribution is 5.99. The molecular formula is C24H24N6O. The molecule has 0 aromatic carbocycles. The monoisotopic (exact) mass is 412 g/mol. The van der Waals surface area contributed by atoms with Gasteiger partial charge in [-0.25, -0.2) is 4.98 Å². The molecule has 7 heteroatoms. The largest absolute Gasteiger partial charge is 0.346 e. The molecule has 0 bridgehead atoms. The van der Waals surface area contributed by atoms with Crippen molar-refractivity contribution in [3.63, 3.8) is 0 Å². The summed E-state index contributed by atoms with van der Waals surface area (Å²) in [5.74, 6) is 0.739. The van der Waals surface area contributed by atoms with Crippen LogP contribution in [0.4, 0.5) is 0 Å². The van der Waals surface area contributed by atoms with Gasteiger partial charge in [-0.1, -0.05) is 18.2 Å². The van der Waals surface area contributed by atoms with Crippen molar-refractivity contribution in [2.45, 2.75) is 32.0 Å². The third-order valence-electron chi connectivity index (χ3n) is 5.72. The number of hydrogen-bond donors (Lipinski definition) is 1. The van der Waals surface area contributed by atoms with Gasteiger partial charge in [0.25, 0.3) is 5.91 Å². The third-order valence-corrected chi connectivity index (χ3v) is 5.72. The van der Waals surface area contributed by atoms with Gasteiger partial charge in [-0.15, -0.1) is 0 Å². The van der Waals surface area contributed by atoms with Crippen molar-refractivity contribution < 1.29 is 4.79 Å². The van der Waals surface area contributed by atoms with E-state index in [1.54, 1.807) is 12.4 Å². The van der Waals surface area contributed by atoms with E-state index >= 15 is 0 Å². The van der Waals surface area contributed by atoms with Crippen molar-refractivity contribution in [2.24, 2.45) is 0 Å². The van der Waals surface area contributed by atoms with Crippen molar-refractivity contribution in [1.82, 2.24) is 29.6 Å². The Bertz CT molecular complexity index is 1170. The first-order chi connectivity index (χ1) is 15.3. The van der Waals surface area contributed by atoms with Crippen LogP contribution in [0.5, 0.6) is 0 Å². The molecule has 156 valence electrons. The molecule has 4 aromatic heterocycles. The summed E-state index contributed by atoms with van der Waals surface area (Å²) in [4.78, 5) is 28.8. The first kappa shape index (κ1) is 19.4. The van der Waals surface area contributed by atoms with Crippen molar-refractivity contribution >= 4 is 11.4 Å². The standard InChI is InChI=1S/C24H24N6O/c31-24(27-16-18-7-5-11-25-15-18)22-20-9-2-4-14-30(20)23(28-22)21-10-6-13-29(21)17-19-8-1-3-12-26-19/h1-5,7-9,11-12,14-15,21H,6,10,13,16-17H2,(H,27,31)/t21-/m0/s1. The number of imidazole rings is 1. The summed E-state index contributed by atoms with van der Waals surface area (Å²) in [6.07, 6.45) is 9.41. The normalized spacial score (nSPS) is 16.6. The van der Waals surface area contributed by atoms with E-state index in [0.717, 1.165) is 48.5 Å². The van der Waals surface area contributed by atoms with E-state index in [1.165, 1.54) is 0 Å². The SMILES string of the molecule is O=C(NCc1cccnc1)c1nc([C@@H]2CCCN2Cc2ccccn2)n2ccccc12. The Hall–Kier alpha value is -3.58. The maximum atomic E-state index is 13.0. The third kappa shape index (κ3) is 4.04. The number of pyridine rings is 3. The highest BCUT2D eigenvalue weighted by atomic mass is 16.1. The lowest BCUT2D eigenvalue weighted by Gasteiger charge is -2.23. The number of hydrogen-bond acceptors (Lipinski definition) is 5. The highest BCUT2D eigenvalue weighted by Crippen LogP contribution is 2.33. The predicted molar refractivity (Wildman–Crippen MR) is 117 cm³/mol. The smallest absolute Gasteiger partial charge is 0.272 e. The van der Waals surface area contributed by atoms with Gasteiger partial charge in [0.2, 0.25) is 0 Å². The van der Waals surface area contributed by atoms with E-state index < -0.39 is 0 Å². The van der Waals surface area contributed by atoms with Gasteiger partial charge in [-0.2, -0.15) is 0 Å². The van der Waals surface area contributed by atoms with E-state index in [-0.39, 0.29) is 11.9 Å². The molecule has 1 aliphatic heterocycles. The van der Waals surface area contributed by atoms with Gasteiger partial charge < -0.3 is 9.72 Å². The molecule has 0 saturated carbocycles. The number of amides is 1. The Kier molecular flexibility index (Phi) is 5.41. The molecule has 31 heavy (non-hydrogen) atoms. The lowest BCUT2D eigenvalue weighted by atomic mass is 10.2. The molecular weight excluding hydrogens is 388 g/mol. The Labute approximate surface area is 180 Å². The summed E-state index contributed by atoms with van der Waals surface area (Å²) >= 11 is 0. The van der Waals surface area contributed by atoms with Crippen LogP contribution >= 0.6 is 0 Å². The Morgan fingerprint density at radius 2 is 2.03 bits per heavy atom. The molecule has 1 atom stereocenters. The second kappa shape index (κ2) is 8.65. The quantitative estimate of drug-likeness (QED) is 0.525. The lowest BCUT2D eigenvalue weighted by Crippen LogP contribution is -2.25. The molecule has 0 aliphatic carbocycles. The summed E-state index contributed by atoms with van der Waals surface area (Å²) in [6.45, 7) is 2.18. The molecule has 0 unspecified atom stereocenters. The molecule has 0 radical (unpaired) electrons. The fourth-order valence-corrected chi connectivity index (χ4v) is 4.24. The molecule has 5 heterocycles. The van der Waals surface area contributed by atoms with Gasteiger partial charge in [0.05, 0.1) is 17.3 Å². The van der Waals surface area contributed by atoms with Crippen LogP contribution in [-0.2, 0) is 13.1 Å². The van der Waals surface area contributed by atoms with Gasteiger partial charge in [0.15, 0.2) is 5.69 Å². The number of nitrogens with one attached hydrogen (secondary N) is 1. The lowest BCUT2D eigenvalue weighted by molar-refractivity contribution is 0.0947. The predicted octanol–water partition coefficient (Wildman–Crippen LogP) is 3.39. The van der Waals surface area contributed by atoms with Crippen LogP contribution in [0.2, 0.25) is 0 Å². The van der Waals surface area contributed by atoms with E-state index in [2.05, 4.69) is 30.7 Å². The number of carbonyl (C=O) groups excluding carboxylic acids is 1. The first-order valence-corrected chi connectivity index (χ1v) is 10.6. The van der Waals surface area contributed by atoms with Gasteiger partial charge in [-0.3, -0.25) is 19.7 Å². The molecule has 5 rings (SSSR count). The van der Waals surface area contributed by atoms with Crippen molar-refractivity contribution in [2.75, 3.05) is 6.54 Å². The summed E-state index contributed by atoms with van der Waals surface area (Å²) in [5, 5.41) is 2.98. The van der Waals surface area contributed by atoms with Crippen LogP contribution in [0.1, 0.15) is 46.5 Å². The second-order valence-corrected chi connectivity index (χ2v) is 7.77. The van der Waals surface area contributed by atoms with Gasteiger partial charge in [-0.05, 0) is 55.3 Å². The minimum Gasteiger partial charge on any atom is -0.346 e. The summed E-state index contributed by atoms with van der Waals surface area (Å²) in [7, 11) is 0. The number of carbonyl (C=O) groups is 1. The molecule has 1 fully saturated rings. The first-order valence-electron chi connectivity index (χ1n) is 10.6. The van der Waals surface area contributed by atoms with E-state index in [4.69, 9.17) is 4.98 Å². The van der Waals surface area contributed by atoms with Crippen LogP contribution in [-0.4, -0.2) is 36.7 Å². The molecule has 4 aromatic rings. The van der Waals surface area contributed by atoms with E-state index in [9.17, 15) is 4.79 Å². The zero-order valence-corrected chi connectivity index (χ0v) is 17.2. The average Bonchev–Trinajstić information content (AvgIpc) is 3.43. The van der Waals surface area contributed by atoms with Gasteiger partial charge in [0.1, 0.15) is 5.82 Å². The Morgan fingerprint density at radius 1 is 1.10 bits per heavy atom. The Balaban J connectivity index is 1.42. The molecule has 0 spiro atoms. The van der Waals surface area contributed by atoms with Crippen LogP contribution in [0.3, 0.4) is 0 Å². The van der Waals surface area contributed by atoms with Crippen LogP contribution < -0.4 is 5.32 Å². The van der Waals surface area contributed by atoms with E-state index in [0.29, 0.717) is 12.2 Å². The minimum atomic E-state index is -0.173. The Morgan fingerprint density at radius 3 is 2.87 bits per heavy atom. The number of likely N-dealkylation sites (tertiary alicyclic amines) is 1. The van der Waals surface area contributed by atoms with Gasteiger partial charge >= 0.3 is 0 Å². The summed E-state index contributed by atoms with van der Waals surface area (Å²) in [6, 6.07) is 15.8. The molecule has 1 amide bonds. The van der Waals surface area contributed by atoms with Crippen LogP contribution in [0.25, 0.3) is 5.52 Å². The zero-order chi connectivity index (χ0) is 21.0. The molecule has 1 saturated heterocycles. The van der Waals surface area contributed by atoms with Crippen LogP contribution in [0.15, 0.2) is 73.3 Å². The van der Waals surface area contributed by atoms with Crippen molar-refractivity contribution in [3.8, 4) is 0 Å². The summed E-state index contributed by atoms with van der Waals surface area (Å²) in [5.41, 5.74) is 3.29. The molecule has 7 nitrogen and oxygen atoms in total. The van der Waals surface area contributed by atoms with E-state index in [1.807, 2.05) is 54.9 Å².